The molecule has 1 saturated carbocycles. The van der Waals surface area contributed by atoms with Crippen molar-refractivity contribution in [3.05, 3.63) is 0 Å². The van der Waals surface area contributed by atoms with Crippen molar-refractivity contribution in [1.29, 1.82) is 5.26 Å². The number of urea groups is 1. The van der Waals surface area contributed by atoms with Crippen LogP contribution in [0.15, 0.2) is 0 Å². The molecule has 7 nitrogen and oxygen atoms in total. The van der Waals surface area contributed by atoms with Crippen molar-refractivity contribution in [3.63, 3.8) is 0 Å². The maximum absolute atomic E-state index is 11.8. The Hall–Kier alpha value is -1.81. The number of morpholine rings is 1. The smallest absolute Gasteiger partial charge is 0.329 e. The van der Waals surface area contributed by atoms with Crippen LogP contribution < -0.4 is 5.32 Å². The average molecular weight is 239 g/mol. The van der Waals surface area contributed by atoms with E-state index in [1.807, 2.05) is 6.07 Å². The number of amides is 2. The van der Waals surface area contributed by atoms with Gasteiger partial charge in [-0.1, -0.05) is 0 Å². The fraction of sp³-hybridized carbons (Fsp3) is 0.700. The molecule has 0 aromatic rings. The van der Waals surface area contributed by atoms with Crippen LogP contribution in [0.25, 0.3) is 0 Å². The van der Waals surface area contributed by atoms with Crippen molar-refractivity contribution in [2.75, 3.05) is 19.7 Å². The molecule has 2 amide bonds. The van der Waals surface area contributed by atoms with Gasteiger partial charge in [0.1, 0.15) is 5.54 Å². The molecule has 1 aliphatic carbocycles. The molecule has 7 heteroatoms. The van der Waals surface area contributed by atoms with Crippen LogP contribution >= 0.6 is 0 Å². The van der Waals surface area contributed by atoms with Gasteiger partial charge < -0.3 is 20.1 Å². The first-order valence-electron chi connectivity index (χ1n) is 5.39. The van der Waals surface area contributed by atoms with E-state index in [0.29, 0.717) is 26.0 Å². The number of hydrogen-bond donors (Lipinski definition) is 2. The predicted molar refractivity (Wildman–Crippen MR) is 55.1 cm³/mol. The van der Waals surface area contributed by atoms with Crippen LogP contribution in [0, 0.1) is 11.3 Å². The van der Waals surface area contributed by atoms with E-state index in [1.54, 1.807) is 0 Å². The number of ether oxygens (including phenoxy) is 1. The molecule has 1 aliphatic heterocycles. The van der Waals surface area contributed by atoms with E-state index in [4.69, 9.17) is 15.1 Å². The van der Waals surface area contributed by atoms with Gasteiger partial charge >= 0.3 is 12.0 Å². The fourth-order valence-corrected chi connectivity index (χ4v) is 1.71. The molecule has 17 heavy (non-hydrogen) atoms. The normalized spacial score (nSPS) is 25.8. The van der Waals surface area contributed by atoms with Gasteiger partial charge in [0.25, 0.3) is 0 Å². The summed E-state index contributed by atoms with van der Waals surface area (Å²) in [6.45, 7) is 0.851. The number of carboxylic acids is 1. The Labute approximate surface area is 97.9 Å². The predicted octanol–water partition coefficient (Wildman–Crippen LogP) is -0.462. The van der Waals surface area contributed by atoms with Crippen LogP contribution in [-0.2, 0) is 9.53 Å². The minimum absolute atomic E-state index is 0.179. The Bertz CT molecular complexity index is 386. The Morgan fingerprint density at radius 3 is 2.76 bits per heavy atom. The molecule has 2 N–H and O–H groups in total. The van der Waals surface area contributed by atoms with Gasteiger partial charge in [-0.2, -0.15) is 5.26 Å². The third-order valence-electron chi connectivity index (χ3n) is 3.00. The molecule has 1 unspecified atom stereocenters. The first-order chi connectivity index (χ1) is 8.07. The summed E-state index contributed by atoms with van der Waals surface area (Å²) in [4.78, 5) is 24.1. The number of nitrogens with zero attached hydrogens (tertiary/aromatic N) is 2. The summed E-state index contributed by atoms with van der Waals surface area (Å²) in [7, 11) is 0. The quantitative estimate of drug-likeness (QED) is 0.678. The van der Waals surface area contributed by atoms with E-state index in [9.17, 15) is 9.59 Å². The van der Waals surface area contributed by atoms with Crippen molar-refractivity contribution in [2.45, 2.75) is 24.5 Å². The second-order valence-electron chi connectivity index (χ2n) is 4.25. The van der Waals surface area contributed by atoms with Crippen molar-refractivity contribution in [2.24, 2.45) is 0 Å². The minimum atomic E-state index is -1.09. The van der Waals surface area contributed by atoms with Gasteiger partial charge in [-0.3, -0.25) is 0 Å². The highest BCUT2D eigenvalue weighted by Crippen LogP contribution is 2.35. The summed E-state index contributed by atoms with van der Waals surface area (Å²) in [5.41, 5.74) is -1.09. The average Bonchev–Trinajstić information content (AvgIpc) is 3.10. The summed E-state index contributed by atoms with van der Waals surface area (Å²) in [5, 5.41) is 20.1. The lowest BCUT2D eigenvalue weighted by Gasteiger charge is -2.30. The molecule has 0 aromatic carbocycles. The number of nitrogens with one attached hydrogen (secondary N) is 1. The highest BCUT2D eigenvalue weighted by Gasteiger charge is 2.52. The molecule has 0 aromatic heterocycles. The molecule has 1 atom stereocenters. The van der Waals surface area contributed by atoms with Crippen molar-refractivity contribution < 1.29 is 19.4 Å². The van der Waals surface area contributed by atoms with Crippen molar-refractivity contribution >= 4 is 12.0 Å². The van der Waals surface area contributed by atoms with Crippen molar-refractivity contribution in [3.8, 4) is 6.07 Å². The Morgan fingerprint density at radius 1 is 1.53 bits per heavy atom. The Kier molecular flexibility index (Phi) is 2.90. The molecule has 0 spiro atoms. The third kappa shape index (κ3) is 2.31. The molecule has 1 saturated heterocycles. The van der Waals surface area contributed by atoms with E-state index in [1.165, 1.54) is 4.90 Å². The van der Waals surface area contributed by atoms with E-state index in [2.05, 4.69) is 5.32 Å². The monoisotopic (exact) mass is 239 g/mol. The standard InChI is InChI=1S/C10H13N3O4/c11-5-7-6-13(3-4-17-7)9(16)12-10(1-2-10)8(14)15/h7H,1-4,6H2,(H,12,16)(H,14,15). The van der Waals surface area contributed by atoms with E-state index < -0.39 is 23.6 Å². The summed E-state index contributed by atoms with van der Waals surface area (Å²) in [5.74, 6) is -1.00. The molecule has 0 radical (unpaired) electrons. The number of carboxylic acid groups (broad SMARTS) is 1. The number of rotatable bonds is 2. The summed E-state index contributed by atoms with van der Waals surface area (Å²) >= 11 is 0. The highest BCUT2D eigenvalue weighted by atomic mass is 16.5. The van der Waals surface area contributed by atoms with Crippen LogP contribution in [-0.4, -0.2) is 53.3 Å². The van der Waals surface area contributed by atoms with Crippen LogP contribution in [0.4, 0.5) is 4.79 Å². The number of carbonyl (C=O) groups is 2. The first kappa shape index (κ1) is 11.7. The van der Waals surface area contributed by atoms with Crippen LogP contribution in [0.2, 0.25) is 0 Å². The van der Waals surface area contributed by atoms with E-state index in [-0.39, 0.29) is 6.54 Å². The molecule has 2 fully saturated rings. The zero-order valence-corrected chi connectivity index (χ0v) is 9.18. The third-order valence-corrected chi connectivity index (χ3v) is 3.00. The van der Waals surface area contributed by atoms with Gasteiger partial charge in [0.15, 0.2) is 6.10 Å². The van der Waals surface area contributed by atoms with E-state index >= 15 is 0 Å². The van der Waals surface area contributed by atoms with Gasteiger partial charge in [0.2, 0.25) is 0 Å². The van der Waals surface area contributed by atoms with Gasteiger partial charge in [-0.05, 0) is 12.8 Å². The zero-order valence-electron chi connectivity index (χ0n) is 9.18. The number of carbonyl (C=O) groups excluding carboxylic acids is 1. The summed E-state index contributed by atoms with van der Waals surface area (Å²) < 4.78 is 5.10. The van der Waals surface area contributed by atoms with Crippen LogP contribution in [0.3, 0.4) is 0 Å². The molecule has 2 rings (SSSR count). The molecule has 1 heterocycles. The Morgan fingerprint density at radius 2 is 2.24 bits per heavy atom. The number of nitriles is 1. The SMILES string of the molecule is N#CC1CN(C(=O)NC2(C(=O)O)CC2)CCO1. The lowest BCUT2D eigenvalue weighted by Crippen LogP contribution is -2.54. The second-order valence-corrected chi connectivity index (χ2v) is 4.25. The zero-order chi connectivity index (χ0) is 12.5. The Balaban J connectivity index is 1.92. The van der Waals surface area contributed by atoms with Gasteiger partial charge in [0.05, 0.1) is 19.2 Å². The molecular weight excluding hydrogens is 226 g/mol. The van der Waals surface area contributed by atoms with Gasteiger partial charge in [-0.15, -0.1) is 0 Å². The maximum Gasteiger partial charge on any atom is 0.329 e. The first-order valence-corrected chi connectivity index (χ1v) is 5.39. The lowest BCUT2D eigenvalue weighted by atomic mass is 10.2. The largest absolute Gasteiger partial charge is 0.480 e. The van der Waals surface area contributed by atoms with Crippen molar-refractivity contribution in [1.82, 2.24) is 10.2 Å². The summed E-state index contributed by atoms with van der Waals surface area (Å²) in [6.07, 6.45) is 0.287. The molecule has 92 valence electrons. The topological polar surface area (TPSA) is 103 Å². The van der Waals surface area contributed by atoms with Crippen LogP contribution in [0.5, 0.6) is 0 Å². The lowest BCUT2D eigenvalue weighted by molar-refractivity contribution is -0.140. The molecular formula is C10H13N3O4. The molecule has 2 aliphatic rings. The highest BCUT2D eigenvalue weighted by molar-refractivity contribution is 5.89. The van der Waals surface area contributed by atoms with E-state index in [0.717, 1.165) is 0 Å². The summed E-state index contributed by atoms with van der Waals surface area (Å²) in [6, 6.07) is 1.49. The number of aliphatic carboxylic acids is 1. The van der Waals surface area contributed by atoms with Crippen LogP contribution in [0.1, 0.15) is 12.8 Å². The minimum Gasteiger partial charge on any atom is -0.480 e. The molecule has 0 bridgehead atoms. The fourth-order valence-electron chi connectivity index (χ4n) is 1.71. The second kappa shape index (κ2) is 4.22. The van der Waals surface area contributed by atoms with Gasteiger partial charge in [0, 0.05) is 6.54 Å². The van der Waals surface area contributed by atoms with Gasteiger partial charge in [-0.25, -0.2) is 9.59 Å². The maximum atomic E-state index is 11.8. The number of hydrogen-bond acceptors (Lipinski definition) is 4.